The second-order valence-electron chi connectivity index (χ2n) is 3.97. The Morgan fingerprint density at radius 1 is 1.37 bits per heavy atom. The van der Waals surface area contributed by atoms with Crippen molar-refractivity contribution in [3.8, 4) is 5.75 Å². The van der Waals surface area contributed by atoms with E-state index < -0.39 is 11.9 Å². The molecule has 0 aliphatic rings. The van der Waals surface area contributed by atoms with E-state index in [0.29, 0.717) is 17.0 Å². The molecular weight excluding hydrogens is 248 g/mol. The minimum absolute atomic E-state index is 0.280. The maximum atomic E-state index is 11.7. The lowest BCUT2D eigenvalue weighted by molar-refractivity contribution is -0.149. The molecule has 0 aliphatic heterocycles. The Labute approximate surface area is 111 Å². The second kappa shape index (κ2) is 7.25. The first-order valence-corrected chi connectivity index (χ1v) is 6.02. The molecule has 0 saturated heterocycles. The van der Waals surface area contributed by atoms with Crippen LogP contribution in [-0.2, 0) is 9.63 Å². The number of nitrogens with two attached hydrogens (primary N) is 1. The van der Waals surface area contributed by atoms with Crippen LogP contribution in [0.15, 0.2) is 18.2 Å². The van der Waals surface area contributed by atoms with Crippen molar-refractivity contribution in [3.05, 3.63) is 23.8 Å². The van der Waals surface area contributed by atoms with E-state index in [4.69, 9.17) is 10.5 Å². The summed E-state index contributed by atoms with van der Waals surface area (Å²) in [7, 11) is 1.46. The van der Waals surface area contributed by atoms with Crippen molar-refractivity contribution in [2.45, 2.75) is 26.2 Å². The fourth-order valence-electron chi connectivity index (χ4n) is 1.39. The number of ether oxygens (including phenoxy) is 1. The Balaban J connectivity index is 2.56. The molecule has 6 nitrogen and oxygen atoms in total. The number of rotatable bonds is 5. The molecule has 0 unspecified atom stereocenters. The lowest BCUT2D eigenvalue weighted by Gasteiger charge is -2.08. The number of hydrogen-bond acceptors (Lipinski definition) is 5. The van der Waals surface area contributed by atoms with Crippen LogP contribution in [0.5, 0.6) is 5.75 Å². The van der Waals surface area contributed by atoms with Crippen LogP contribution in [0, 0.1) is 0 Å². The van der Waals surface area contributed by atoms with Gasteiger partial charge in [-0.1, -0.05) is 13.3 Å². The summed E-state index contributed by atoms with van der Waals surface area (Å²) in [6.45, 7) is 1.96. The zero-order valence-electron chi connectivity index (χ0n) is 11.1. The third-order valence-electron chi connectivity index (χ3n) is 2.49. The Morgan fingerprint density at radius 2 is 2.11 bits per heavy atom. The highest BCUT2D eigenvalue weighted by Gasteiger charge is 2.11. The Hall–Kier alpha value is -2.24. The molecule has 0 radical (unpaired) electrons. The van der Waals surface area contributed by atoms with Gasteiger partial charge in [0, 0.05) is 12.0 Å². The summed E-state index contributed by atoms with van der Waals surface area (Å²) in [5.41, 5.74) is 8.46. The molecule has 1 aromatic rings. The molecule has 0 atom stereocenters. The number of amides is 1. The summed E-state index contributed by atoms with van der Waals surface area (Å²) < 4.78 is 5.00. The van der Waals surface area contributed by atoms with E-state index in [2.05, 4.69) is 10.3 Å². The van der Waals surface area contributed by atoms with Crippen LogP contribution in [0.2, 0.25) is 0 Å². The van der Waals surface area contributed by atoms with Crippen LogP contribution in [0.4, 0.5) is 5.69 Å². The van der Waals surface area contributed by atoms with E-state index in [1.54, 1.807) is 6.07 Å². The number of hydroxylamine groups is 1. The molecule has 0 aliphatic carbocycles. The smallest absolute Gasteiger partial charge is 0.332 e. The highest BCUT2D eigenvalue weighted by Crippen LogP contribution is 2.21. The molecule has 0 fully saturated rings. The fraction of sp³-hybridized carbons (Fsp3) is 0.385. The fourth-order valence-corrected chi connectivity index (χ4v) is 1.39. The van der Waals surface area contributed by atoms with Gasteiger partial charge in [0.2, 0.25) is 0 Å². The molecule has 0 saturated carbocycles. The van der Waals surface area contributed by atoms with E-state index in [1.165, 1.54) is 19.2 Å². The number of nitrogen functional groups attached to an aromatic ring is 1. The summed E-state index contributed by atoms with van der Waals surface area (Å²) in [4.78, 5) is 27.6. The number of carbonyl (C=O) groups excluding carboxylic acids is 2. The Bertz CT molecular complexity index is 460. The standard InChI is InChI=1S/C13H18N2O4/c1-3-4-5-12(16)19-15-13(17)9-6-7-10(14)11(8-9)18-2/h6-8H,3-5,14H2,1-2H3,(H,15,17). The minimum atomic E-state index is -0.525. The molecule has 0 heterocycles. The largest absolute Gasteiger partial charge is 0.495 e. The zero-order valence-corrected chi connectivity index (χ0v) is 11.1. The van der Waals surface area contributed by atoms with Gasteiger partial charge in [-0.25, -0.2) is 4.79 Å². The number of hydrogen-bond donors (Lipinski definition) is 2. The number of methoxy groups -OCH3 is 1. The van der Waals surface area contributed by atoms with E-state index in [1.807, 2.05) is 6.92 Å². The molecule has 19 heavy (non-hydrogen) atoms. The lowest BCUT2D eigenvalue weighted by Crippen LogP contribution is -2.27. The number of unbranched alkanes of at least 4 members (excludes halogenated alkanes) is 1. The first-order valence-electron chi connectivity index (χ1n) is 6.02. The number of anilines is 1. The Morgan fingerprint density at radius 3 is 2.74 bits per heavy atom. The summed E-state index contributed by atoms with van der Waals surface area (Å²) in [6, 6.07) is 4.55. The van der Waals surface area contributed by atoms with Crippen molar-refractivity contribution in [3.63, 3.8) is 0 Å². The van der Waals surface area contributed by atoms with Crippen molar-refractivity contribution >= 4 is 17.6 Å². The van der Waals surface area contributed by atoms with Crippen LogP contribution < -0.4 is 16.0 Å². The molecule has 0 aromatic heterocycles. The predicted octanol–water partition coefficient (Wildman–Crippen LogP) is 1.66. The molecule has 6 heteroatoms. The van der Waals surface area contributed by atoms with Crippen LogP contribution in [0.3, 0.4) is 0 Å². The Kier molecular flexibility index (Phi) is 5.66. The summed E-state index contributed by atoms with van der Waals surface area (Å²) >= 11 is 0. The van der Waals surface area contributed by atoms with Crippen molar-refractivity contribution < 1.29 is 19.2 Å². The first-order chi connectivity index (χ1) is 9.08. The molecule has 0 spiro atoms. The van der Waals surface area contributed by atoms with Crippen LogP contribution in [-0.4, -0.2) is 19.0 Å². The van der Waals surface area contributed by atoms with Gasteiger partial charge in [-0.15, -0.1) is 0 Å². The van der Waals surface area contributed by atoms with E-state index in [0.717, 1.165) is 12.8 Å². The van der Waals surface area contributed by atoms with Gasteiger partial charge in [-0.05, 0) is 24.6 Å². The number of nitrogens with one attached hydrogen (secondary N) is 1. The topological polar surface area (TPSA) is 90.7 Å². The minimum Gasteiger partial charge on any atom is -0.495 e. The second-order valence-corrected chi connectivity index (χ2v) is 3.97. The van der Waals surface area contributed by atoms with Gasteiger partial charge in [0.15, 0.2) is 0 Å². The molecule has 104 valence electrons. The van der Waals surface area contributed by atoms with E-state index in [9.17, 15) is 9.59 Å². The lowest BCUT2D eigenvalue weighted by atomic mass is 10.2. The third-order valence-corrected chi connectivity index (χ3v) is 2.49. The van der Waals surface area contributed by atoms with Crippen molar-refractivity contribution in [1.29, 1.82) is 0 Å². The molecular formula is C13H18N2O4. The van der Waals surface area contributed by atoms with Gasteiger partial charge in [0.25, 0.3) is 5.91 Å². The highest BCUT2D eigenvalue weighted by atomic mass is 16.7. The maximum Gasteiger partial charge on any atom is 0.332 e. The van der Waals surface area contributed by atoms with Crippen molar-refractivity contribution in [2.75, 3.05) is 12.8 Å². The summed E-state index contributed by atoms with van der Waals surface area (Å²) in [5, 5.41) is 0. The highest BCUT2D eigenvalue weighted by molar-refractivity contribution is 5.95. The average molecular weight is 266 g/mol. The first kappa shape index (κ1) is 14.8. The van der Waals surface area contributed by atoms with Gasteiger partial charge in [-0.2, -0.15) is 5.48 Å². The van der Waals surface area contributed by atoms with Gasteiger partial charge >= 0.3 is 5.97 Å². The summed E-state index contributed by atoms with van der Waals surface area (Å²) in [5.74, 6) is -0.592. The van der Waals surface area contributed by atoms with Crippen LogP contribution >= 0.6 is 0 Å². The summed E-state index contributed by atoms with van der Waals surface area (Å²) in [6.07, 6.45) is 1.89. The molecule has 0 bridgehead atoms. The quantitative estimate of drug-likeness (QED) is 0.624. The average Bonchev–Trinajstić information content (AvgIpc) is 2.42. The molecule has 1 rings (SSSR count). The molecule has 3 N–H and O–H groups in total. The normalized spacial score (nSPS) is 9.79. The maximum absolute atomic E-state index is 11.7. The predicted molar refractivity (Wildman–Crippen MR) is 70.5 cm³/mol. The zero-order chi connectivity index (χ0) is 14.3. The molecule has 1 amide bonds. The number of carbonyl (C=O) groups is 2. The van der Waals surface area contributed by atoms with Crippen molar-refractivity contribution in [2.24, 2.45) is 0 Å². The number of benzene rings is 1. The van der Waals surface area contributed by atoms with Crippen LogP contribution in [0.25, 0.3) is 0 Å². The molecule has 1 aromatic carbocycles. The van der Waals surface area contributed by atoms with Gasteiger partial charge in [0.1, 0.15) is 5.75 Å². The monoisotopic (exact) mass is 266 g/mol. The third kappa shape index (κ3) is 4.50. The van der Waals surface area contributed by atoms with Gasteiger partial charge < -0.3 is 15.3 Å². The SMILES string of the molecule is CCCCC(=O)ONC(=O)c1ccc(N)c(OC)c1. The van der Waals surface area contributed by atoms with E-state index >= 15 is 0 Å². The van der Waals surface area contributed by atoms with Crippen molar-refractivity contribution in [1.82, 2.24) is 5.48 Å². The van der Waals surface area contributed by atoms with Gasteiger partial charge in [0.05, 0.1) is 12.8 Å². The van der Waals surface area contributed by atoms with E-state index in [-0.39, 0.29) is 6.42 Å². The van der Waals surface area contributed by atoms with Crippen LogP contribution in [0.1, 0.15) is 36.5 Å². The van der Waals surface area contributed by atoms with Gasteiger partial charge in [-0.3, -0.25) is 4.79 Å².